The van der Waals surface area contributed by atoms with E-state index in [0.717, 1.165) is 43.6 Å². The average molecular weight is 424 g/mol. The van der Waals surface area contributed by atoms with E-state index in [1.807, 2.05) is 0 Å². The third-order valence-electron chi connectivity index (χ3n) is 5.83. The number of unbranched alkanes of at least 4 members (excludes halogenated alkanes) is 2. The van der Waals surface area contributed by atoms with Gasteiger partial charge in [0.05, 0.1) is 0 Å². The average Bonchev–Trinajstić information content (AvgIpc) is 2.73. The summed E-state index contributed by atoms with van der Waals surface area (Å²) in [5, 5.41) is 3.44. The Morgan fingerprint density at radius 1 is 0.893 bits per heavy atom. The van der Waals surface area contributed by atoms with Crippen LogP contribution in [0.5, 0.6) is 0 Å². The van der Waals surface area contributed by atoms with Crippen LogP contribution in [0.25, 0.3) is 0 Å². The molecule has 0 atom stereocenters. The van der Waals surface area contributed by atoms with Crippen molar-refractivity contribution in [1.82, 2.24) is 15.1 Å². The molecule has 0 spiro atoms. The van der Waals surface area contributed by atoms with E-state index in [0.29, 0.717) is 0 Å². The molecule has 1 N–H and O–H groups in total. The molecule has 0 amide bonds. The van der Waals surface area contributed by atoms with E-state index in [1.54, 1.807) is 0 Å². The Balaban J connectivity index is 1.50. The van der Waals surface area contributed by atoms with Crippen LogP contribution in [0.2, 0.25) is 0 Å². The van der Waals surface area contributed by atoms with E-state index in [-0.39, 0.29) is 0 Å². The van der Waals surface area contributed by atoms with Crippen molar-refractivity contribution in [2.75, 3.05) is 63.9 Å². The van der Waals surface area contributed by atoms with Gasteiger partial charge in [-0.1, -0.05) is 36.8 Å². The zero-order chi connectivity index (χ0) is 19.9. The van der Waals surface area contributed by atoms with E-state index in [1.165, 1.54) is 70.3 Å². The highest BCUT2D eigenvalue weighted by molar-refractivity contribution is 7.80. The van der Waals surface area contributed by atoms with Crippen LogP contribution in [-0.2, 0) is 6.42 Å². The Morgan fingerprint density at radius 2 is 1.68 bits per heavy atom. The highest BCUT2D eigenvalue weighted by atomic mass is 32.1. The number of rotatable bonds is 15. The Bertz CT molecular complexity index is 478. The van der Waals surface area contributed by atoms with E-state index < -0.39 is 0 Å². The molecule has 28 heavy (non-hydrogen) atoms. The number of nitrogens with one attached hydrogen (secondary N) is 1. The Kier molecular flexibility index (Phi) is 13.4. The summed E-state index contributed by atoms with van der Waals surface area (Å²) < 4.78 is 0. The zero-order valence-corrected chi connectivity index (χ0v) is 19.4. The Morgan fingerprint density at radius 3 is 2.39 bits per heavy atom. The quantitative estimate of drug-likeness (QED) is 0.294. The second kappa shape index (κ2) is 15.6. The van der Waals surface area contributed by atoms with Gasteiger partial charge in [-0.2, -0.15) is 25.3 Å². The van der Waals surface area contributed by atoms with Crippen LogP contribution in [-0.4, -0.2) is 73.7 Å². The van der Waals surface area contributed by atoms with Gasteiger partial charge in [0, 0.05) is 37.7 Å². The number of benzene rings is 1. The fourth-order valence-electron chi connectivity index (χ4n) is 4.13. The molecule has 0 unspecified atom stereocenters. The molecule has 2 rings (SSSR count). The topological polar surface area (TPSA) is 18.5 Å². The molecule has 1 aromatic rings. The summed E-state index contributed by atoms with van der Waals surface area (Å²) in [4.78, 5) is 5.24. The van der Waals surface area contributed by atoms with E-state index >= 15 is 0 Å². The van der Waals surface area contributed by atoms with Gasteiger partial charge in [0.15, 0.2) is 0 Å². The smallest absolute Gasteiger partial charge is 0.0107 e. The molecule has 1 heterocycles. The van der Waals surface area contributed by atoms with Crippen molar-refractivity contribution in [1.29, 1.82) is 0 Å². The lowest BCUT2D eigenvalue weighted by atomic mass is 9.90. The van der Waals surface area contributed by atoms with Crippen molar-refractivity contribution in [2.24, 2.45) is 5.92 Å². The molecule has 0 bridgehead atoms. The van der Waals surface area contributed by atoms with Gasteiger partial charge in [-0.25, -0.2) is 0 Å². The molecule has 5 heteroatoms. The lowest BCUT2D eigenvalue weighted by molar-refractivity contribution is 0.180. The van der Waals surface area contributed by atoms with Crippen LogP contribution < -0.4 is 5.32 Å². The molecule has 0 aliphatic carbocycles. The number of hydrogen-bond acceptors (Lipinski definition) is 5. The summed E-state index contributed by atoms with van der Waals surface area (Å²) in [7, 11) is 0. The number of likely N-dealkylation sites (tertiary alicyclic amines) is 1. The fourth-order valence-corrected chi connectivity index (χ4v) is 4.57. The van der Waals surface area contributed by atoms with Gasteiger partial charge in [0.25, 0.3) is 0 Å². The fraction of sp³-hybridized carbons (Fsp3) is 0.739. The van der Waals surface area contributed by atoms with E-state index in [2.05, 4.69) is 70.7 Å². The minimum absolute atomic E-state index is 0.879. The molecule has 0 saturated carbocycles. The van der Waals surface area contributed by atoms with Crippen molar-refractivity contribution in [3.8, 4) is 0 Å². The number of thiol groups is 2. The Hall–Kier alpha value is -0.200. The van der Waals surface area contributed by atoms with Crippen molar-refractivity contribution in [3.63, 3.8) is 0 Å². The van der Waals surface area contributed by atoms with Gasteiger partial charge in [-0.15, -0.1) is 0 Å². The van der Waals surface area contributed by atoms with Gasteiger partial charge >= 0.3 is 0 Å². The molecule has 1 saturated heterocycles. The summed E-state index contributed by atoms with van der Waals surface area (Å²) in [6.07, 6.45) is 7.99. The minimum atomic E-state index is 0.879. The standard InChI is InChI=1S/C23H41N3S2/c27-19-12-24-11-17-26(18-20-28)14-6-2-5-13-25-15-9-23(10-16-25)21-22-7-3-1-4-8-22/h1,3-4,7-8,23-24,27-28H,2,5-6,9-21H2. The zero-order valence-electron chi connectivity index (χ0n) is 17.6. The van der Waals surface area contributed by atoms with Gasteiger partial charge in [-0.05, 0) is 69.8 Å². The van der Waals surface area contributed by atoms with Gasteiger partial charge in [0.1, 0.15) is 0 Å². The predicted octanol–water partition coefficient (Wildman–Crippen LogP) is 3.86. The van der Waals surface area contributed by atoms with Crippen LogP contribution in [0, 0.1) is 5.92 Å². The van der Waals surface area contributed by atoms with Crippen LogP contribution >= 0.6 is 25.3 Å². The molecular weight excluding hydrogens is 382 g/mol. The van der Waals surface area contributed by atoms with E-state index in [9.17, 15) is 0 Å². The first-order chi connectivity index (χ1) is 13.8. The normalized spacial score (nSPS) is 16.1. The summed E-state index contributed by atoms with van der Waals surface area (Å²) in [5.74, 6) is 2.74. The van der Waals surface area contributed by atoms with Crippen LogP contribution in [0.3, 0.4) is 0 Å². The number of piperidine rings is 1. The largest absolute Gasteiger partial charge is 0.315 e. The summed E-state index contributed by atoms with van der Waals surface area (Å²) in [6, 6.07) is 11.0. The predicted molar refractivity (Wildman–Crippen MR) is 130 cm³/mol. The van der Waals surface area contributed by atoms with E-state index in [4.69, 9.17) is 0 Å². The third-order valence-corrected chi connectivity index (χ3v) is 6.26. The molecule has 1 aliphatic heterocycles. The maximum atomic E-state index is 4.41. The molecular formula is C23H41N3S2. The molecule has 3 nitrogen and oxygen atoms in total. The van der Waals surface area contributed by atoms with Crippen molar-refractivity contribution < 1.29 is 0 Å². The maximum absolute atomic E-state index is 4.41. The summed E-state index contributed by atoms with van der Waals surface area (Å²) in [6.45, 7) is 9.37. The second-order valence-electron chi connectivity index (χ2n) is 8.07. The second-order valence-corrected chi connectivity index (χ2v) is 8.97. The maximum Gasteiger partial charge on any atom is 0.0107 e. The van der Waals surface area contributed by atoms with Gasteiger partial charge < -0.3 is 15.1 Å². The molecule has 160 valence electrons. The van der Waals surface area contributed by atoms with Crippen LogP contribution in [0.4, 0.5) is 0 Å². The summed E-state index contributed by atoms with van der Waals surface area (Å²) >= 11 is 8.66. The first-order valence-corrected chi connectivity index (χ1v) is 12.5. The SMILES string of the molecule is SCCNCCN(CCS)CCCCCN1CCC(Cc2ccccc2)CC1. The summed E-state index contributed by atoms with van der Waals surface area (Å²) in [5.41, 5.74) is 1.51. The molecule has 1 aromatic carbocycles. The molecule has 0 radical (unpaired) electrons. The van der Waals surface area contributed by atoms with Crippen LogP contribution in [0.15, 0.2) is 30.3 Å². The molecule has 0 aromatic heterocycles. The highest BCUT2D eigenvalue weighted by Gasteiger charge is 2.18. The molecule has 1 fully saturated rings. The first kappa shape index (κ1) is 24.1. The van der Waals surface area contributed by atoms with Gasteiger partial charge in [-0.3, -0.25) is 0 Å². The van der Waals surface area contributed by atoms with Crippen molar-refractivity contribution in [2.45, 2.75) is 38.5 Å². The molecule has 1 aliphatic rings. The highest BCUT2D eigenvalue weighted by Crippen LogP contribution is 2.21. The van der Waals surface area contributed by atoms with Crippen molar-refractivity contribution in [3.05, 3.63) is 35.9 Å². The van der Waals surface area contributed by atoms with Crippen LogP contribution in [0.1, 0.15) is 37.7 Å². The number of hydrogen-bond donors (Lipinski definition) is 3. The lowest BCUT2D eigenvalue weighted by Crippen LogP contribution is -2.35. The first-order valence-electron chi connectivity index (χ1n) is 11.2. The van der Waals surface area contributed by atoms with Crippen molar-refractivity contribution >= 4 is 25.3 Å². The van der Waals surface area contributed by atoms with Gasteiger partial charge in [0.2, 0.25) is 0 Å². The third kappa shape index (κ3) is 10.5. The monoisotopic (exact) mass is 423 g/mol. The minimum Gasteiger partial charge on any atom is -0.315 e. The Labute approximate surface area is 184 Å². The lowest BCUT2D eigenvalue weighted by Gasteiger charge is -2.32. The number of nitrogens with zero attached hydrogens (tertiary/aromatic N) is 2.